The first-order valence-electron chi connectivity index (χ1n) is 18.0. The fraction of sp³-hybridized carbons (Fsp3) is 0.0800. The van der Waals surface area contributed by atoms with Crippen LogP contribution in [0.5, 0.6) is 0 Å². The summed E-state index contributed by atoms with van der Waals surface area (Å²) < 4.78 is 0. The molecule has 7 rings (SSSR count). The minimum Gasteiger partial charge on any atom is -0.345 e. The molecule has 0 atom stereocenters. The molecule has 2 nitrogen and oxygen atoms in total. The number of rotatable bonds is 9. The largest absolute Gasteiger partial charge is 0.345 e. The molecule has 0 bridgehead atoms. The van der Waals surface area contributed by atoms with Gasteiger partial charge in [-0.1, -0.05) is 166 Å². The second-order valence-electron chi connectivity index (χ2n) is 11.9. The Kier molecular flexibility index (Phi) is 13.6. The lowest BCUT2D eigenvalue weighted by atomic mass is 10.0. The van der Waals surface area contributed by atoms with Gasteiger partial charge in [0.25, 0.3) is 0 Å². The average molecular weight is 677 g/mol. The van der Waals surface area contributed by atoms with E-state index < -0.39 is 0 Å². The van der Waals surface area contributed by atoms with Crippen molar-refractivity contribution in [2.75, 3.05) is 16.8 Å². The van der Waals surface area contributed by atoms with Gasteiger partial charge in [-0.15, -0.1) is 0 Å². The van der Waals surface area contributed by atoms with Crippen LogP contribution >= 0.6 is 0 Å². The van der Waals surface area contributed by atoms with E-state index in [9.17, 15) is 0 Å². The van der Waals surface area contributed by atoms with Crippen LogP contribution in [0.4, 0.5) is 28.4 Å². The maximum absolute atomic E-state index is 3.46. The summed E-state index contributed by atoms with van der Waals surface area (Å²) in [6.07, 6.45) is 5.58. The first kappa shape index (κ1) is 36.9. The molecule has 0 heterocycles. The zero-order valence-electron chi connectivity index (χ0n) is 30.7. The highest BCUT2D eigenvalue weighted by atomic mass is 15.1. The molecule has 0 spiro atoms. The standard InChI is InChI=1S/C43H34N2.C5H8.C2H6/c1-44(39-23-17-36(18-24-39)33-11-5-2-6-12-33)40-29-31-43(32-30-40)45(41-25-19-37(20-26-41)34-13-7-3-8-14-34)42-27-21-38(22-28-42)35-15-9-4-10-16-35;1-3-5-4-2;1-2/h2-32H,1H3;3-5H,1H2,2H3;1-2H3/b;5-4-;. The van der Waals surface area contributed by atoms with Crippen LogP contribution in [0.15, 0.2) is 213 Å². The van der Waals surface area contributed by atoms with E-state index in [4.69, 9.17) is 0 Å². The van der Waals surface area contributed by atoms with Crippen molar-refractivity contribution in [3.63, 3.8) is 0 Å². The highest BCUT2D eigenvalue weighted by molar-refractivity contribution is 5.81. The Balaban J connectivity index is 0.000000690. The van der Waals surface area contributed by atoms with Crippen molar-refractivity contribution in [1.29, 1.82) is 0 Å². The van der Waals surface area contributed by atoms with Gasteiger partial charge in [-0.05, 0) is 101 Å². The molecule has 258 valence electrons. The third-order valence-corrected chi connectivity index (χ3v) is 8.65. The van der Waals surface area contributed by atoms with E-state index in [2.05, 4.69) is 211 Å². The molecular formula is C50H48N2. The van der Waals surface area contributed by atoms with Crippen molar-refractivity contribution < 1.29 is 0 Å². The van der Waals surface area contributed by atoms with Crippen molar-refractivity contribution in [2.45, 2.75) is 20.8 Å². The number of allylic oxidation sites excluding steroid dienone is 3. The predicted octanol–water partition coefficient (Wildman–Crippen LogP) is 14.7. The lowest BCUT2D eigenvalue weighted by Crippen LogP contribution is -2.12. The van der Waals surface area contributed by atoms with Crippen LogP contribution in [-0.4, -0.2) is 7.05 Å². The minimum atomic E-state index is 1.10. The van der Waals surface area contributed by atoms with Crippen LogP contribution in [0.2, 0.25) is 0 Å². The third kappa shape index (κ3) is 9.44. The normalized spacial score (nSPS) is 10.3. The van der Waals surface area contributed by atoms with Gasteiger partial charge >= 0.3 is 0 Å². The molecule has 0 aliphatic rings. The molecule has 0 aromatic heterocycles. The average Bonchev–Trinajstić information content (AvgIpc) is 3.24. The third-order valence-electron chi connectivity index (χ3n) is 8.65. The maximum atomic E-state index is 3.46. The monoisotopic (exact) mass is 676 g/mol. The van der Waals surface area contributed by atoms with Crippen LogP contribution in [0, 0.1) is 0 Å². The number of anilines is 5. The molecule has 0 N–H and O–H groups in total. The van der Waals surface area contributed by atoms with Crippen LogP contribution in [0.1, 0.15) is 20.8 Å². The Hall–Kier alpha value is -6.38. The lowest BCUT2D eigenvalue weighted by molar-refractivity contribution is 1.20. The fourth-order valence-corrected chi connectivity index (χ4v) is 5.93. The molecule has 2 heteroatoms. The van der Waals surface area contributed by atoms with E-state index in [1.807, 2.05) is 32.9 Å². The quantitative estimate of drug-likeness (QED) is 0.140. The summed E-state index contributed by atoms with van der Waals surface area (Å²) in [7, 11) is 2.12. The molecule has 0 aliphatic carbocycles. The van der Waals surface area contributed by atoms with Gasteiger partial charge in [-0.2, -0.15) is 0 Å². The van der Waals surface area contributed by atoms with Gasteiger partial charge in [0.05, 0.1) is 0 Å². The Morgan fingerprint density at radius 2 is 0.615 bits per heavy atom. The summed E-state index contributed by atoms with van der Waals surface area (Å²) in [6, 6.07) is 66.8. The lowest BCUT2D eigenvalue weighted by Gasteiger charge is -2.27. The Morgan fingerprint density at radius 3 is 0.885 bits per heavy atom. The zero-order valence-corrected chi connectivity index (χ0v) is 30.7. The molecule has 0 amide bonds. The fourth-order valence-electron chi connectivity index (χ4n) is 5.93. The molecule has 0 unspecified atom stereocenters. The van der Waals surface area contributed by atoms with Gasteiger partial charge in [0, 0.05) is 35.5 Å². The minimum absolute atomic E-state index is 1.10. The van der Waals surface area contributed by atoms with E-state index in [0.717, 1.165) is 28.4 Å². The summed E-state index contributed by atoms with van der Waals surface area (Å²) in [5, 5.41) is 0. The number of benzene rings is 7. The molecule has 7 aromatic rings. The van der Waals surface area contributed by atoms with E-state index in [1.165, 1.54) is 33.4 Å². The second kappa shape index (κ2) is 19.1. The van der Waals surface area contributed by atoms with Crippen LogP contribution in [0.25, 0.3) is 33.4 Å². The maximum Gasteiger partial charge on any atom is 0.0463 e. The molecule has 0 saturated heterocycles. The molecule has 0 fully saturated rings. The summed E-state index contributed by atoms with van der Waals surface area (Å²) >= 11 is 0. The Labute approximate surface area is 311 Å². The van der Waals surface area contributed by atoms with Crippen molar-refractivity contribution in [2.24, 2.45) is 0 Å². The van der Waals surface area contributed by atoms with Gasteiger partial charge in [-0.3, -0.25) is 0 Å². The Bertz CT molecular complexity index is 2000. The van der Waals surface area contributed by atoms with E-state index in [0.29, 0.717) is 0 Å². The molecule has 0 radical (unpaired) electrons. The molecule has 52 heavy (non-hydrogen) atoms. The number of hydrogen-bond acceptors (Lipinski definition) is 2. The van der Waals surface area contributed by atoms with E-state index in [1.54, 1.807) is 6.08 Å². The summed E-state index contributed by atoms with van der Waals surface area (Å²) in [6.45, 7) is 9.42. The van der Waals surface area contributed by atoms with E-state index in [-0.39, 0.29) is 0 Å². The molecule has 7 aromatic carbocycles. The first-order chi connectivity index (χ1) is 25.6. The van der Waals surface area contributed by atoms with Gasteiger partial charge in [0.1, 0.15) is 0 Å². The molecule has 0 saturated carbocycles. The van der Waals surface area contributed by atoms with Gasteiger partial charge in [-0.25, -0.2) is 0 Å². The predicted molar refractivity (Wildman–Crippen MR) is 228 cm³/mol. The van der Waals surface area contributed by atoms with Crippen molar-refractivity contribution in [1.82, 2.24) is 0 Å². The summed E-state index contributed by atoms with van der Waals surface area (Å²) in [4.78, 5) is 4.55. The number of nitrogens with zero attached hydrogens (tertiary/aromatic N) is 2. The van der Waals surface area contributed by atoms with Crippen molar-refractivity contribution in [3.8, 4) is 33.4 Å². The summed E-state index contributed by atoms with van der Waals surface area (Å²) in [5.41, 5.74) is 12.9. The van der Waals surface area contributed by atoms with E-state index >= 15 is 0 Å². The van der Waals surface area contributed by atoms with Crippen LogP contribution < -0.4 is 9.80 Å². The van der Waals surface area contributed by atoms with Crippen molar-refractivity contribution in [3.05, 3.63) is 213 Å². The zero-order chi connectivity index (χ0) is 36.5. The Morgan fingerprint density at radius 1 is 0.365 bits per heavy atom. The van der Waals surface area contributed by atoms with Gasteiger partial charge in [0.15, 0.2) is 0 Å². The smallest absolute Gasteiger partial charge is 0.0463 e. The van der Waals surface area contributed by atoms with Gasteiger partial charge < -0.3 is 9.80 Å². The highest BCUT2D eigenvalue weighted by Gasteiger charge is 2.14. The molecular weight excluding hydrogens is 629 g/mol. The van der Waals surface area contributed by atoms with Crippen LogP contribution in [0.3, 0.4) is 0 Å². The molecule has 0 aliphatic heterocycles. The SMILES string of the molecule is C=C/C=C\C.CC.CN(c1ccc(-c2ccccc2)cc1)c1ccc(N(c2ccc(-c3ccccc3)cc2)c2ccc(-c3ccccc3)cc2)cc1. The van der Waals surface area contributed by atoms with Gasteiger partial charge in [0.2, 0.25) is 0 Å². The second-order valence-corrected chi connectivity index (χ2v) is 11.9. The van der Waals surface area contributed by atoms with Crippen molar-refractivity contribution >= 4 is 28.4 Å². The van der Waals surface area contributed by atoms with Crippen LogP contribution in [-0.2, 0) is 0 Å². The highest BCUT2D eigenvalue weighted by Crippen LogP contribution is 2.38. The summed E-state index contributed by atoms with van der Waals surface area (Å²) in [5.74, 6) is 0. The first-order valence-corrected chi connectivity index (χ1v) is 18.0. The topological polar surface area (TPSA) is 6.48 Å². The number of hydrogen-bond donors (Lipinski definition) is 0.